The molecule has 16 heteroatoms. The number of hydrogen-bond acceptors (Lipinski definition) is 12. The maximum Gasteiger partial charge on any atom is 0.258 e. The van der Waals surface area contributed by atoms with Gasteiger partial charge in [-0.1, -0.05) is 64.9 Å². The Morgan fingerprint density at radius 3 is 2.10 bits per heavy atom. The summed E-state index contributed by atoms with van der Waals surface area (Å²) in [7, 11) is 4.99. The van der Waals surface area contributed by atoms with E-state index in [0.29, 0.717) is 72.7 Å². The van der Waals surface area contributed by atoms with Gasteiger partial charge in [0, 0.05) is 83.0 Å². The number of ketones is 1. The average molecular weight is 1120 g/mol. The van der Waals surface area contributed by atoms with Crippen LogP contribution >= 0.6 is 33.3 Å². The molecule has 4 atom stereocenters. The van der Waals surface area contributed by atoms with E-state index in [1.165, 1.54) is 27.8 Å². The molecule has 5 aromatic carbocycles. The number of amides is 5. The summed E-state index contributed by atoms with van der Waals surface area (Å²) in [6, 6.07) is 30.1. The van der Waals surface area contributed by atoms with Gasteiger partial charge in [-0.3, -0.25) is 33.7 Å². The topological polar surface area (TPSA) is 152 Å². The van der Waals surface area contributed by atoms with Gasteiger partial charge in [0.2, 0.25) is 17.7 Å². The Hall–Kier alpha value is -6.23. The highest BCUT2D eigenvalue weighted by Crippen LogP contribution is 2.44. The molecule has 414 valence electrons. The molecule has 5 heterocycles. The number of imide groups is 1. The Balaban J connectivity index is 0.795. The largest absolute Gasteiger partial charge is 0.493 e. The Morgan fingerprint density at radius 1 is 0.722 bits per heavy atom. The molecule has 10 rings (SSSR count). The van der Waals surface area contributed by atoms with Crippen molar-refractivity contribution in [3.8, 4) is 17.2 Å². The van der Waals surface area contributed by atoms with Crippen molar-refractivity contribution in [1.29, 1.82) is 0 Å². The molecule has 5 amide bonds. The van der Waals surface area contributed by atoms with Crippen LogP contribution in [0.1, 0.15) is 132 Å². The second-order valence-electron chi connectivity index (χ2n) is 22.3. The molecule has 5 aliphatic rings. The van der Waals surface area contributed by atoms with Crippen LogP contribution < -0.4 is 29.3 Å². The van der Waals surface area contributed by atoms with Gasteiger partial charge in [0.05, 0.1) is 12.4 Å². The fourth-order valence-electron chi connectivity index (χ4n) is 11.9. The van der Waals surface area contributed by atoms with Gasteiger partial charge in [-0.05, 0) is 178 Å². The zero-order valence-electron chi connectivity index (χ0n) is 46.0. The van der Waals surface area contributed by atoms with Crippen molar-refractivity contribution < 1.29 is 43.0 Å². The molecule has 13 nitrogen and oxygen atoms in total. The number of ether oxygens (including phenoxy) is 3. The lowest BCUT2D eigenvalue weighted by molar-refractivity contribution is -0.138. The minimum atomic E-state index is -0.308. The summed E-state index contributed by atoms with van der Waals surface area (Å²) in [5.74, 6) is 2.36. The fourth-order valence-corrected chi connectivity index (χ4v) is 15.2. The number of thioether (sulfide) groups is 1. The number of Topliss-reactive ketones (excluding diaryl/α,β-unsaturated/α-hetero) is 1. The number of nitrogens with one attached hydrogen (secondary N) is 1. The van der Waals surface area contributed by atoms with E-state index >= 15 is 0 Å². The third kappa shape index (κ3) is 12.4. The number of carbonyl (C=O) groups excluding carboxylic acids is 6. The van der Waals surface area contributed by atoms with Gasteiger partial charge < -0.3 is 29.3 Å². The first-order valence-corrected chi connectivity index (χ1v) is 31.2. The standard InChI is InChI=1S/C63H70N4O9S3/c1-38-25-45-33-56(55(74-5)34-50(45)61(72)67-52-18-10-8-14-44(52)31-53(38)67)76-37-41-27-40(36-75-54-32-42-19-20-47-30-43-13-7-9-17-51(43)66(47)60(71)49(42)26-39(54)2)28-46(29-41)64-58(69)21-22-63(3,4)79-78-24-12-16-48(68)15-11-23-65-59(70)35-57(77-6)62(65)73/h7-10,13-14,17-18,26-29,32-34,38,47,53,57H,11-12,15-16,19-25,30-31,35-37H2,1-6H3,(H,64,69)/t38?,47-,53+,57?/m1/s1. The fraction of sp³-hybridized carbons (Fsp3) is 0.429. The van der Waals surface area contributed by atoms with Crippen molar-refractivity contribution in [3.63, 3.8) is 0 Å². The van der Waals surface area contributed by atoms with Crippen LogP contribution in [0.3, 0.4) is 0 Å². The van der Waals surface area contributed by atoms with E-state index in [-0.39, 0.29) is 89.4 Å². The van der Waals surface area contributed by atoms with Gasteiger partial charge in [-0.15, -0.1) is 0 Å². The van der Waals surface area contributed by atoms with Crippen LogP contribution in [0.5, 0.6) is 17.2 Å². The van der Waals surface area contributed by atoms with E-state index in [2.05, 4.69) is 38.2 Å². The molecule has 0 bridgehead atoms. The Bertz CT molecular complexity index is 3200. The van der Waals surface area contributed by atoms with Crippen LogP contribution in [0, 0.1) is 12.8 Å². The van der Waals surface area contributed by atoms with Gasteiger partial charge in [-0.2, -0.15) is 11.8 Å². The first kappa shape index (κ1) is 56.1. The van der Waals surface area contributed by atoms with Gasteiger partial charge in [0.15, 0.2) is 11.5 Å². The van der Waals surface area contributed by atoms with Crippen molar-refractivity contribution in [2.24, 2.45) is 5.92 Å². The third-order valence-electron chi connectivity index (χ3n) is 16.1. The van der Waals surface area contributed by atoms with Crippen LogP contribution in [0.2, 0.25) is 0 Å². The molecule has 0 aliphatic carbocycles. The summed E-state index contributed by atoms with van der Waals surface area (Å²) in [6.07, 6.45) is 8.96. The van der Waals surface area contributed by atoms with Crippen LogP contribution in [-0.4, -0.2) is 88.0 Å². The molecule has 1 fully saturated rings. The molecule has 2 unspecified atom stereocenters. The van der Waals surface area contributed by atoms with E-state index < -0.39 is 0 Å². The zero-order chi connectivity index (χ0) is 55.5. The number of nitrogens with zero attached hydrogens (tertiary/aromatic N) is 3. The summed E-state index contributed by atoms with van der Waals surface area (Å²) >= 11 is 1.39. The van der Waals surface area contributed by atoms with Crippen molar-refractivity contribution in [1.82, 2.24) is 4.90 Å². The smallest absolute Gasteiger partial charge is 0.258 e. The molecule has 0 radical (unpaired) electrons. The van der Waals surface area contributed by atoms with Crippen molar-refractivity contribution >= 4 is 85.7 Å². The number of aryl methyl sites for hydroxylation is 2. The molecular formula is C63H70N4O9S3. The zero-order valence-corrected chi connectivity index (χ0v) is 48.5. The maximum absolute atomic E-state index is 14.3. The molecule has 0 spiro atoms. The first-order valence-electron chi connectivity index (χ1n) is 27.6. The predicted octanol–water partition coefficient (Wildman–Crippen LogP) is 11.9. The number of likely N-dealkylation sites (tertiary alicyclic amines) is 1. The highest BCUT2D eigenvalue weighted by molar-refractivity contribution is 8.77. The van der Waals surface area contributed by atoms with E-state index in [9.17, 15) is 28.8 Å². The quantitative estimate of drug-likeness (QED) is 0.0399. The van der Waals surface area contributed by atoms with Crippen LogP contribution in [0.15, 0.2) is 91.0 Å². The number of anilines is 3. The normalized spacial score (nSPS) is 19.2. The van der Waals surface area contributed by atoms with Crippen LogP contribution in [0.25, 0.3) is 0 Å². The van der Waals surface area contributed by atoms with Crippen molar-refractivity contribution in [3.05, 3.63) is 141 Å². The molecule has 5 aromatic rings. The number of rotatable bonds is 22. The SMILES string of the molecule is COc1cc2c(cc1OCc1cc(COc3cc4c(cc3C)C(=O)N3c5ccccc5C[C@H]3CC4)cc(NC(=O)CCC(C)(C)SSCCCC(=O)CCCN3C(=O)CC(SC)C3=O)c1)CC(C)[C@@H]1Cc3ccccc3N1C2=O. The van der Waals surface area contributed by atoms with Gasteiger partial charge in [-0.25, -0.2) is 0 Å². The number of para-hydroxylation sites is 2. The van der Waals surface area contributed by atoms with Crippen molar-refractivity contribution in [2.75, 3.05) is 40.8 Å². The van der Waals surface area contributed by atoms with Gasteiger partial charge in [0.1, 0.15) is 24.7 Å². The average Bonchev–Trinajstić information content (AvgIpc) is 4.30. The van der Waals surface area contributed by atoms with Gasteiger partial charge >= 0.3 is 0 Å². The maximum atomic E-state index is 14.3. The molecular weight excluding hydrogens is 1050 g/mol. The molecule has 5 aliphatic heterocycles. The highest BCUT2D eigenvalue weighted by Gasteiger charge is 2.42. The molecule has 1 N–H and O–H groups in total. The summed E-state index contributed by atoms with van der Waals surface area (Å²) in [5.41, 5.74) is 10.7. The Kier molecular flexibility index (Phi) is 17.2. The Labute approximate surface area is 476 Å². The van der Waals surface area contributed by atoms with E-state index in [1.807, 2.05) is 102 Å². The molecule has 1 saturated heterocycles. The van der Waals surface area contributed by atoms with E-state index in [1.54, 1.807) is 28.7 Å². The number of benzene rings is 5. The van der Waals surface area contributed by atoms with E-state index in [0.717, 1.165) is 77.0 Å². The highest BCUT2D eigenvalue weighted by atomic mass is 33.1. The van der Waals surface area contributed by atoms with Crippen molar-refractivity contribution in [2.45, 2.75) is 140 Å². The summed E-state index contributed by atoms with van der Waals surface area (Å²) in [6.45, 7) is 9.06. The van der Waals surface area contributed by atoms with Crippen LogP contribution in [-0.2, 0) is 58.1 Å². The predicted molar refractivity (Wildman–Crippen MR) is 316 cm³/mol. The minimum absolute atomic E-state index is 0.0272. The molecule has 79 heavy (non-hydrogen) atoms. The number of fused-ring (bicyclic) bond motifs is 8. The Morgan fingerprint density at radius 2 is 1.38 bits per heavy atom. The summed E-state index contributed by atoms with van der Waals surface area (Å²) in [4.78, 5) is 84.8. The number of hydrogen-bond donors (Lipinski definition) is 1. The lowest BCUT2D eigenvalue weighted by Crippen LogP contribution is -2.40. The first-order chi connectivity index (χ1) is 38.1. The van der Waals surface area contributed by atoms with Gasteiger partial charge in [0.25, 0.3) is 11.8 Å². The lowest BCUT2D eigenvalue weighted by Gasteiger charge is -2.27. The lowest BCUT2D eigenvalue weighted by atomic mass is 9.91. The molecule has 0 saturated carbocycles. The third-order valence-corrected chi connectivity index (χ3v) is 20.5. The second-order valence-corrected chi connectivity index (χ2v) is 26.4. The van der Waals surface area contributed by atoms with E-state index in [4.69, 9.17) is 14.2 Å². The summed E-state index contributed by atoms with van der Waals surface area (Å²) in [5, 5.41) is 2.86. The van der Waals surface area contributed by atoms with Crippen LogP contribution in [0.4, 0.5) is 17.1 Å². The second kappa shape index (κ2) is 24.2. The monoisotopic (exact) mass is 1120 g/mol. The number of methoxy groups -OCH3 is 1. The summed E-state index contributed by atoms with van der Waals surface area (Å²) < 4.78 is 18.9. The molecule has 0 aromatic heterocycles. The number of carbonyl (C=O) groups is 6. The minimum Gasteiger partial charge on any atom is -0.493 e.